The first-order valence-corrected chi connectivity index (χ1v) is 7.06. The van der Waals surface area contributed by atoms with Gasteiger partial charge in [-0.3, -0.25) is 4.79 Å². The fourth-order valence-electron chi connectivity index (χ4n) is 1.46. The third-order valence-electron chi connectivity index (χ3n) is 2.44. The standard InChI is InChI=1S/C14H10Cl2OS/c15-13-3-1-2-11(14(13)16)9-18-12-6-4-10(8-17)5-7-12/h1-8H,9H2. The van der Waals surface area contributed by atoms with Crippen LogP contribution in [0.15, 0.2) is 47.4 Å². The van der Waals surface area contributed by atoms with E-state index in [1.807, 2.05) is 24.3 Å². The first-order chi connectivity index (χ1) is 8.70. The van der Waals surface area contributed by atoms with Gasteiger partial charge in [0.05, 0.1) is 10.0 Å². The highest BCUT2D eigenvalue weighted by atomic mass is 35.5. The Bertz CT molecular complexity index is 552. The molecule has 0 N–H and O–H groups in total. The number of hydrogen-bond acceptors (Lipinski definition) is 2. The van der Waals surface area contributed by atoms with Gasteiger partial charge in [0.2, 0.25) is 0 Å². The van der Waals surface area contributed by atoms with Crippen molar-refractivity contribution in [2.24, 2.45) is 0 Å². The molecule has 0 saturated heterocycles. The highest BCUT2D eigenvalue weighted by molar-refractivity contribution is 7.98. The Morgan fingerprint density at radius 1 is 1.06 bits per heavy atom. The molecule has 0 atom stereocenters. The van der Waals surface area contributed by atoms with Gasteiger partial charge in [0, 0.05) is 16.2 Å². The Kier molecular flexibility index (Phi) is 4.70. The van der Waals surface area contributed by atoms with Crippen LogP contribution in [0.1, 0.15) is 15.9 Å². The lowest BCUT2D eigenvalue weighted by atomic mass is 10.2. The molecule has 0 aliphatic rings. The van der Waals surface area contributed by atoms with Crippen LogP contribution in [0.4, 0.5) is 0 Å². The summed E-state index contributed by atoms with van der Waals surface area (Å²) >= 11 is 13.7. The first-order valence-electron chi connectivity index (χ1n) is 5.31. The molecule has 0 spiro atoms. The summed E-state index contributed by atoms with van der Waals surface area (Å²) in [7, 11) is 0. The van der Waals surface area contributed by atoms with Crippen molar-refractivity contribution in [2.45, 2.75) is 10.6 Å². The van der Waals surface area contributed by atoms with Crippen LogP contribution in [0.2, 0.25) is 10.0 Å². The van der Waals surface area contributed by atoms with Crippen molar-refractivity contribution in [3.05, 3.63) is 63.6 Å². The molecule has 2 aromatic rings. The van der Waals surface area contributed by atoms with Crippen molar-refractivity contribution >= 4 is 41.2 Å². The minimum atomic E-state index is 0.575. The molecule has 0 bridgehead atoms. The van der Waals surface area contributed by atoms with E-state index >= 15 is 0 Å². The summed E-state index contributed by atoms with van der Waals surface area (Å²) < 4.78 is 0. The average Bonchev–Trinajstić information content (AvgIpc) is 2.41. The number of halogens is 2. The van der Waals surface area contributed by atoms with Crippen LogP contribution in [0.3, 0.4) is 0 Å². The van der Waals surface area contributed by atoms with E-state index in [1.165, 1.54) is 0 Å². The number of carbonyl (C=O) groups is 1. The van der Waals surface area contributed by atoms with Gasteiger partial charge >= 0.3 is 0 Å². The Morgan fingerprint density at radius 3 is 2.44 bits per heavy atom. The number of carbonyl (C=O) groups excluding carboxylic acids is 1. The van der Waals surface area contributed by atoms with E-state index in [1.54, 1.807) is 30.0 Å². The SMILES string of the molecule is O=Cc1ccc(SCc2cccc(Cl)c2Cl)cc1. The number of aldehydes is 1. The van der Waals surface area contributed by atoms with Gasteiger partial charge in [-0.15, -0.1) is 11.8 Å². The van der Waals surface area contributed by atoms with Gasteiger partial charge in [0.1, 0.15) is 6.29 Å². The summed E-state index contributed by atoms with van der Waals surface area (Å²) in [5, 5.41) is 1.18. The number of hydrogen-bond donors (Lipinski definition) is 0. The van der Waals surface area contributed by atoms with Crippen LogP contribution in [0.5, 0.6) is 0 Å². The lowest BCUT2D eigenvalue weighted by molar-refractivity contribution is 0.112. The summed E-state index contributed by atoms with van der Waals surface area (Å²) in [4.78, 5) is 11.6. The van der Waals surface area contributed by atoms with Crippen molar-refractivity contribution in [2.75, 3.05) is 0 Å². The van der Waals surface area contributed by atoms with Gasteiger partial charge in [-0.2, -0.15) is 0 Å². The zero-order valence-electron chi connectivity index (χ0n) is 9.40. The van der Waals surface area contributed by atoms with Crippen molar-refractivity contribution in [1.29, 1.82) is 0 Å². The molecular weight excluding hydrogens is 287 g/mol. The average molecular weight is 297 g/mol. The molecule has 0 fully saturated rings. The molecule has 0 radical (unpaired) electrons. The maximum absolute atomic E-state index is 10.5. The van der Waals surface area contributed by atoms with Crippen LogP contribution in [0, 0.1) is 0 Å². The normalized spacial score (nSPS) is 10.3. The molecule has 0 amide bonds. The van der Waals surface area contributed by atoms with Crippen LogP contribution in [-0.2, 0) is 5.75 Å². The number of rotatable bonds is 4. The predicted octanol–water partition coefficient (Wildman–Crippen LogP) is 5.10. The summed E-state index contributed by atoms with van der Waals surface area (Å²) in [6.07, 6.45) is 0.836. The largest absolute Gasteiger partial charge is 0.298 e. The molecular formula is C14H10Cl2OS. The second-order valence-electron chi connectivity index (χ2n) is 3.69. The van der Waals surface area contributed by atoms with Gasteiger partial charge in [-0.05, 0) is 23.8 Å². The third-order valence-corrected chi connectivity index (χ3v) is 4.36. The molecule has 0 aromatic heterocycles. The maximum Gasteiger partial charge on any atom is 0.150 e. The van der Waals surface area contributed by atoms with E-state index in [4.69, 9.17) is 23.2 Å². The lowest BCUT2D eigenvalue weighted by Gasteiger charge is -2.05. The van der Waals surface area contributed by atoms with Gasteiger partial charge in [-0.25, -0.2) is 0 Å². The summed E-state index contributed by atoms with van der Waals surface area (Å²) in [5.74, 6) is 0.750. The summed E-state index contributed by atoms with van der Waals surface area (Å²) in [6, 6.07) is 13.1. The number of thioether (sulfide) groups is 1. The van der Waals surface area contributed by atoms with Crippen molar-refractivity contribution in [3.63, 3.8) is 0 Å². The Morgan fingerprint density at radius 2 is 1.78 bits per heavy atom. The van der Waals surface area contributed by atoms with Gasteiger partial charge in [-0.1, -0.05) is 47.5 Å². The Hall–Kier alpha value is -0.960. The maximum atomic E-state index is 10.5. The van der Waals surface area contributed by atoms with Gasteiger partial charge < -0.3 is 0 Å². The third kappa shape index (κ3) is 3.29. The van der Waals surface area contributed by atoms with Crippen molar-refractivity contribution in [3.8, 4) is 0 Å². The van der Waals surface area contributed by atoms with Crippen molar-refractivity contribution in [1.82, 2.24) is 0 Å². The molecule has 1 nitrogen and oxygen atoms in total. The zero-order chi connectivity index (χ0) is 13.0. The van der Waals surface area contributed by atoms with E-state index < -0.39 is 0 Å². The topological polar surface area (TPSA) is 17.1 Å². The molecule has 4 heteroatoms. The second-order valence-corrected chi connectivity index (χ2v) is 5.52. The summed E-state index contributed by atoms with van der Waals surface area (Å²) in [6.45, 7) is 0. The van der Waals surface area contributed by atoms with E-state index in [9.17, 15) is 4.79 Å². The lowest BCUT2D eigenvalue weighted by Crippen LogP contribution is -1.84. The zero-order valence-corrected chi connectivity index (χ0v) is 11.7. The van der Waals surface area contributed by atoms with Crippen LogP contribution in [-0.4, -0.2) is 6.29 Å². The molecule has 2 rings (SSSR count). The predicted molar refractivity (Wildman–Crippen MR) is 77.9 cm³/mol. The highest BCUT2D eigenvalue weighted by Crippen LogP contribution is 2.30. The van der Waals surface area contributed by atoms with Crippen LogP contribution >= 0.6 is 35.0 Å². The van der Waals surface area contributed by atoms with Crippen LogP contribution in [0.25, 0.3) is 0 Å². The minimum absolute atomic E-state index is 0.575. The van der Waals surface area contributed by atoms with E-state index in [0.717, 1.165) is 22.5 Å². The fourth-order valence-corrected chi connectivity index (χ4v) is 2.82. The second kappa shape index (κ2) is 6.28. The van der Waals surface area contributed by atoms with Crippen molar-refractivity contribution < 1.29 is 4.79 Å². The van der Waals surface area contributed by atoms with Crippen LogP contribution < -0.4 is 0 Å². The highest BCUT2D eigenvalue weighted by Gasteiger charge is 2.04. The summed E-state index contributed by atoms with van der Waals surface area (Å²) in [5.41, 5.74) is 1.69. The Balaban J connectivity index is 2.06. The smallest absolute Gasteiger partial charge is 0.150 e. The molecule has 0 heterocycles. The van der Waals surface area contributed by atoms with E-state index in [0.29, 0.717) is 15.6 Å². The minimum Gasteiger partial charge on any atom is -0.298 e. The molecule has 0 saturated carbocycles. The molecule has 2 aromatic carbocycles. The first kappa shape index (κ1) is 13.5. The fraction of sp³-hybridized carbons (Fsp3) is 0.0714. The molecule has 0 unspecified atom stereocenters. The monoisotopic (exact) mass is 296 g/mol. The quantitative estimate of drug-likeness (QED) is 0.577. The molecule has 92 valence electrons. The Labute approximate surface area is 120 Å². The van der Waals surface area contributed by atoms with E-state index in [2.05, 4.69) is 0 Å². The van der Waals surface area contributed by atoms with Gasteiger partial charge in [0.15, 0.2) is 0 Å². The van der Waals surface area contributed by atoms with E-state index in [-0.39, 0.29) is 0 Å². The molecule has 0 aliphatic carbocycles. The molecule has 18 heavy (non-hydrogen) atoms. The number of benzene rings is 2. The molecule has 0 aliphatic heterocycles. The van der Waals surface area contributed by atoms with Gasteiger partial charge in [0.25, 0.3) is 0 Å².